The first kappa shape index (κ1) is 26.9. The van der Waals surface area contributed by atoms with Crippen molar-refractivity contribution in [2.45, 2.75) is 62.9 Å². The SMILES string of the molecule is CCCCC1CN(c2ccccc2)c2cc(CN3CCCCC3)c(-c3ccc(F)cc3)cc2S(=O)(=O)N1C. The van der Waals surface area contributed by atoms with E-state index in [1.165, 1.54) is 31.4 Å². The van der Waals surface area contributed by atoms with Gasteiger partial charge in [0.2, 0.25) is 10.0 Å². The molecule has 1 atom stereocenters. The van der Waals surface area contributed by atoms with Gasteiger partial charge in [-0.15, -0.1) is 0 Å². The molecule has 0 radical (unpaired) electrons. The van der Waals surface area contributed by atoms with Crippen molar-refractivity contribution in [2.75, 3.05) is 31.6 Å². The van der Waals surface area contributed by atoms with Crippen LogP contribution in [0.25, 0.3) is 11.1 Å². The fraction of sp³-hybridized carbons (Fsp3) is 0.419. The summed E-state index contributed by atoms with van der Waals surface area (Å²) in [7, 11) is -2.05. The lowest BCUT2D eigenvalue weighted by Crippen LogP contribution is -2.40. The third kappa shape index (κ3) is 5.51. The van der Waals surface area contributed by atoms with E-state index >= 15 is 0 Å². The van der Waals surface area contributed by atoms with Crippen molar-refractivity contribution >= 4 is 21.4 Å². The summed E-state index contributed by atoms with van der Waals surface area (Å²) in [4.78, 5) is 4.95. The minimum atomic E-state index is -3.76. The van der Waals surface area contributed by atoms with Crippen molar-refractivity contribution in [1.82, 2.24) is 9.21 Å². The molecule has 38 heavy (non-hydrogen) atoms. The number of nitrogens with zero attached hydrogens (tertiary/aromatic N) is 3. The molecule has 0 amide bonds. The predicted octanol–water partition coefficient (Wildman–Crippen LogP) is 6.81. The number of likely N-dealkylation sites (tertiary alicyclic amines) is 1. The molecule has 0 saturated carbocycles. The van der Waals surface area contributed by atoms with Crippen LogP contribution in [-0.4, -0.2) is 50.3 Å². The van der Waals surface area contributed by atoms with Crippen LogP contribution in [0.15, 0.2) is 71.6 Å². The van der Waals surface area contributed by atoms with Crippen LogP contribution in [0.2, 0.25) is 0 Å². The van der Waals surface area contributed by atoms with Gasteiger partial charge in [0, 0.05) is 31.9 Å². The summed E-state index contributed by atoms with van der Waals surface area (Å²) < 4.78 is 43.7. The Labute approximate surface area is 226 Å². The third-order valence-corrected chi connectivity index (χ3v) is 9.94. The van der Waals surface area contributed by atoms with Crippen molar-refractivity contribution in [1.29, 1.82) is 0 Å². The van der Waals surface area contributed by atoms with Gasteiger partial charge < -0.3 is 4.90 Å². The topological polar surface area (TPSA) is 43.9 Å². The lowest BCUT2D eigenvalue weighted by atomic mass is 9.97. The normalized spacial score (nSPS) is 20.2. The molecular weight excluding hydrogens is 497 g/mol. The zero-order valence-corrected chi connectivity index (χ0v) is 23.3. The summed E-state index contributed by atoms with van der Waals surface area (Å²) in [5.41, 5.74) is 4.46. The van der Waals surface area contributed by atoms with E-state index in [2.05, 4.69) is 34.9 Å². The largest absolute Gasteiger partial charge is 0.339 e. The summed E-state index contributed by atoms with van der Waals surface area (Å²) in [5, 5.41) is 0. The summed E-state index contributed by atoms with van der Waals surface area (Å²) in [5.74, 6) is -0.303. The zero-order valence-electron chi connectivity index (χ0n) is 22.4. The van der Waals surface area contributed by atoms with Crippen molar-refractivity contribution in [3.05, 3.63) is 78.1 Å². The van der Waals surface area contributed by atoms with Crippen molar-refractivity contribution in [3.63, 3.8) is 0 Å². The number of rotatable bonds is 7. The number of para-hydroxylation sites is 1. The second-order valence-electron chi connectivity index (χ2n) is 10.6. The number of unbranched alkanes of at least 4 members (excludes halogenated alkanes) is 1. The highest BCUT2D eigenvalue weighted by atomic mass is 32.2. The van der Waals surface area contributed by atoms with Crippen molar-refractivity contribution < 1.29 is 12.8 Å². The highest BCUT2D eigenvalue weighted by Gasteiger charge is 2.37. The molecule has 2 aliphatic rings. The lowest BCUT2D eigenvalue weighted by Gasteiger charge is -2.31. The maximum absolute atomic E-state index is 14.1. The molecule has 5 nitrogen and oxygen atoms in total. The first-order valence-electron chi connectivity index (χ1n) is 13.8. The molecule has 0 N–H and O–H groups in total. The van der Waals surface area contributed by atoms with E-state index in [0.717, 1.165) is 67.0 Å². The number of piperidine rings is 1. The molecule has 0 aromatic heterocycles. The molecule has 0 aliphatic carbocycles. The number of hydrogen-bond acceptors (Lipinski definition) is 4. The minimum Gasteiger partial charge on any atom is -0.339 e. The smallest absolute Gasteiger partial charge is 0.245 e. The molecule has 1 unspecified atom stereocenters. The van der Waals surface area contributed by atoms with Gasteiger partial charge in [0.15, 0.2) is 0 Å². The molecule has 3 aromatic rings. The van der Waals surface area contributed by atoms with E-state index < -0.39 is 10.0 Å². The summed E-state index contributed by atoms with van der Waals surface area (Å²) in [6.45, 7) is 5.52. The van der Waals surface area contributed by atoms with Gasteiger partial charge in [-0.05, 0) is 85.4 Å². The first-order chi connectivity index (χ1) is 18.4. The second kappa shape index (κ2) is 11.6. The second-order valence-corrected chi connectivity index (χ2v) is 12.6. The molecule has 0 spiro atoms. The number of benzene rings is 3. The average molecular weight is 536 g/mol. The van der Waals surface area contributed by atoms with E-state index in [1.807, 2.05) is 24.3 Å². The van der Waals surface area contributed by atoms with Crippen LogP contribution in [0.5, 0.6) is 0 Å². The Morgan fingerprint density at radius 2 is 1.66 bits per heavy atom. The van der Waals surface area contributed by atoms with Gasteiger partial charge in [-0.1, -0.05) is 56.5 Å². The minimum absolute atomic E-state index is 0.146. The van der Waals surface area contributed by atoms with E-state index in [-0.39, 0.29) is 11.9 Å². The molecule has 3 aromatic carbocycles. The summed E-state index contributed by atoms with van der Waals surface area (Å²) in [6.07, 6.45) is 6.37. The number of sulfonamides is 1. The molecule has 2 heterocycles. The summed E-state index contributed by atoms with van der Waals surface area (Å²) in [6, 6.07) is 20.3. The molecule has 7 heteroatoms. The van der Waals surface area contributed by atoms with E-state index in [0.29, 0.717) is 11.4 Å². The van der Waals surface area contributed by atoms with Crippen LogP contribution >= 0.6 is 0 Å². The number of fused-ring (bicyclic) bond motifs is 1. The van der Waals surface area contributed by atoms with Crippen LogP contribution in [0.4, 0.5) is 15.8 Å². The Morgan fingerprint density at radius 3 is 2.34 bits per heavy atom. The Balaban J connectivity index is 1.71. The average Bonchev–Trinajstić information content (AvgIpc) is 3.01. The number of halogens is 1. The first-order valence-corrected chi connectivity index (χ1v) is 15.3. The maximum Gasteiger partial charge on any atom is 0.245 e. The zero-order chi connectivity index (χ0) is 26.7. The van der Waals surface area contributed by atoms with Gasteiger partial charge in [0.05, 0.1) is 5.69 Å². The van der Waals surface area contributed by atoms with Gasteiger partial charge in [0.1, 0.15) is 10.7 Å². The van der Waals surface area contributed by atoms with Crippen LogP contribution in [0, 0.1) is 5.82 Å². The van der Waals surface area contributed by atoms with E-state index in [9.17, 15) is 12.8 Å². The van der Waals surface area contributed by atoms with Crippen molar-refractivity contribution in [2.24, 2.45) is 0 Å². The van der Waals surface area contributed by atoms with Gasteiger partial charge >= 0.3 is 0 Å². The lowest BCUT2D eigenvalue weighted by molar-refractivity contribution is 0.221. The predicted molar refractivity (Wildman–Crippen MR) is 153 cm³/mol. The molecule has 5 rings (SSSR count). The number of hydrogen-bond donors (Lipinski definition) is 0. The molecule has 202 valence electrons. The molecule has 0 bridgehead atoms. The van der Waals surface area contributed by atoms with Gasteiger partial charge in [0.25, 0.3) is 0 Å². The fourth-order valence-corrected chi connectivity index (χ4v) is 7.33. The van der Waals surface area contributed by atoms with Crippen LogP contribution in [0.3, 0.4) is 0 Å². The molecule has 1 saturated heterocycles. The van der Waals surface area contributed by atoms with E-state index in [4.69, 9.17) is 0 Å². The van der Waals surface area contributed by atoms with Crippen LogP contribution in [-0.2, 0) is 16.6 Å². The molecule has 1 fully saturated rings. The quantitative estimate of drug-likeness (QED) is 0.333. The van der Waals surface area contributed by atoms with Gasteiger partial charge in [-0.2, -0.15) is 4.31 Å². The van der Waals surface area contributed by atoms with Crippen molar-refractivity contribution in [3.8, 4) is 11.1 Å². The monoisotopic (exact) mass is 535 g/mol. The Kier molecular flexibility index (Phi) is 8.17. The van der Waals surface area contributed by atoms with Crippen LogP contribution in [0.1, 0.15) is 51.0 Å². The van der Waals surface area contributed by atoms with E-state index in [1.54, 1.807) is 23.5 Å². The summed E-state index contributed by atoms with van der Waals surface area (Å²) >= 11 is 0. The standard InChI is InChI=1S/C31H38FN3O2S/c1-3-4-11-28-23-35(27-12-7-5-8-13-27)30-20-25(22-34-18-9-6-10-19-34)29(24-14-16-26(32)17-15-24)21-31(30)38(36,37)33(28)2/h5,7-8,12-17,20-21,28H,3-4,6,9-11,18-19,22-23H2,1-2H3. The third-order valence-electron chi connectivity index (χ3n) is 8.00. The maximum atomic E-state index is 14.1. The molecule has 2 aliphatic heterocycles. The number of likely N-dealkylation sites (N-methyl/N-ethyl adjacent to an activating group) is 1. The highest BCUT2D eigenvalue weighted by molar-refractivity contribution is 7.89. The molecular formula is C31H38FN3O2S. The Hall–Kier alpha value is -2.74. The van der Waals surface area contributed by atoms with Crippen LogP contribution < -0.4 is 4.90 Å². The van der Waals surface area contributed by atoms with Gasteiger partial charge in [-0.25, -0.2) is 12.8 Å². The Morgan fingerprint density at radius 1 is 0.947 bits per heavy atom. The Bertz CT molecular complexity index is 1340. The number of anilines is 2. The highest BCUT2D eigenvalue weighted by Crippen LogP contribution is 2.42. The fourth-order valence-electron chi connectivity index (χ4n) is 5.76. The van der Waals surface area contributed by atoms with Gasteiger partial charge in [-0.3, -0.25) is 4.90 Å².